The summed E-state index contributed by atoms with van der Waals surface area (Å²) < 4.78 is 5.26. The molecule has 0 aliphatic carbocycles. The van der Waals surface area contributed by atoms with Crippen LogP contribution >= 0.6 is 0 Å². The molecule has 0 radical (unpaired) electrons. The molecule has 0 atom stereocenters. The molecule has 2 aromatic rings. The zero-order valence-electron chi connectivity index (χ0n) is 13.1. The van der Waals surface area contributed by atoms with Crippen molar-refractivity contribution < 1.29 is 14.6 Å². The van der Waals surface area contributed by atoms with Gasteiger partial charge in [-0.05, 0) is 35.4 Å². The number of nitrogens with zero attached hydrogens (tertiary/aromatic N) is 2. The Bertz CT molecular complexity index is 677. The third-order valence-corrected chi connectivity index (χ3v) is 4.19. The van der Waals surface area contributed by atoms with E-state index in [1.54, 1.807) is 7.11 Å². The van der Waals surface area contributed by atoms with E-state index < -0.39 is 6.09 Å². The van der Waals surface area contributed by atoms with Crippen LogP contribution in [-0.4, -0.2) is 49.4 Å². The van der Waals surface area contributed by atoms with E-state index in [4.69, 9.17) is 9.84 Å². The maximum atomic E-state index is 10.9. The monoisotopic (exact) mass is 312 g/mol. The lowest BCUT2D eigenvalue weighted by Crippen LogP contribution is -2.48. The van der Waals surface area contributed by atoms with E-state index in [0.717, 1.165) is 35.7 Å². The largest absolute Gasteiger partial charge is 0.497 e. The van der Waals surface area contributed by atoms with Gasteiger partial charge >= 0.3 is 6.09 Å². The molecule has 1 aliphatic rings. The van der Waals surface area contributed by atoms with Crippen LogP contribution in [0.4, 0.5) is 10.5 Å². The van der Waals surface area contributed by atoms with Crippen LogP contribution in [-0.2, 0) is 0 Å². The summed E-state index contributed by atoms with van der Waals surface area (Å²) in [7, 11) is 1.67. The van der Waals surface area contributed by atoms with Crippen molar-refractivity contribution in [1.29, 1.82) is 0 Å². The number of anilines is 1. The molecule has 0 aromatic heterocycles. The third kappa shape index (κ3) is 3.39. The van der Waals surface area contributed by atoms with Gasteiger partial charge in [0.1, 0.15) is 5.75 Å². The lowest BCUT2D eigenvalue weighted by atomic mass is 10.0. The van der Waals surface area contributed by atoms with E-state index in [9.17, 15) is 4.79 Å². The zero-order valence-corrected chi connectivity index (χ0v) is 13.1. The normalized spacial score (nSPS) is 14.7. The van der Waals surface area contributed by atoms with Gasteiger partial charge in [0.2, 0.25) is 0 Å². The molecule has 3 rings (SSSR count). The Morgan fingerprint density at radius 2 is 1.70 bits per heavy atom. The number of carbonyl (C=O) groups is 1. The predicted molar refractivity (Wildman–Crippen MR) is 90.2 cm³/mol. The molecule has 0 saturated carbocycles. The van der Waals surface area contributed by atoms with Gasteiger partial charge in [-0.1, -0.05) is 24.3 Å². The standard InChI is InChI=1S/C18H20N2O3/c1-23-17-4-2-3-15(13-17)14-5-7-16(8-6-14)19-9-11-20(12-10-19)18(21)22/h2-8,13H,9-12H2,1H3,(H,21,22). The highest BCUT2D eigenvalue weighted by Crippen LogP contribution is 2.26. The van der Waals surface area contributed by atoms with Crippen molar-refractivity contribution in [1.82, 2.24) is 4.90 Å². The highest BCUT2D eigenvalue weighted by Gasteiger charge is 2.20. The second-order valence-corrected chi connectivity index (χ2v) is 5.54. The van der Waals surface area contributed by atoms with E-state index in [-0.39, 0.29) is 0 Å². The minimum Gasteiger partial charge on any atom is -0.497 e. The van der Waals surface area contributed by atoms with Crippen molar-refractivity contribution in [3.63, 3.8) is 0 Å². The lowest BCUT2D eigenvalue weighted by molar-refractivity contribution is 0.142. The maximum Gasteiger partial charge on any atom is 0.407 e. The Morgan fingerprint density at radius 1 is 1.00 bits per heavy atom. The number of amides is 1. The molecule has 23 heavy (non-hydrogen) atoms. The van der Waals surface area contributed by atoms with Crippen LogP contribution in [0.5, 0.6) is 5.75 Å². The van der Waals surface area contributed by atoms with Crippen LogP contribution in [0.25, 0.3) is 11.1 Å². The number of methoxy groups -OCH3 is 1. The van der Waals surface area contributed by atoms with E-state index in [2.05, 4.69) is 35.2 Å². The summed E-state index contributed by atoms with van der Waals surface area (Å²) >= 11 is 0. The maximum absolute atomic E-state index is 10.9. The first-order chi connectivity index (χ1) is 11.2. The fourth-order valence-electron chi connectivity index (χ4n) is 2.82. The van der Waals surface area contributed by atoms with E-state index >= 15 is 0 Å². The molecule has 120 valence electrons. The van der Waals surface area contributed by atoms with Gasteiger partial charge in [0, 0.05) is 31.9 Å². The van der Waals surface area contributed by atoms with Gasteiger partial charge in [-0.15, -0.1) is 0 Å². The second-order valence-electron chi connectivity index (χ2n) is 5.54. The first kappa shape index (κ1) is 15.2. The number of piperazine rings is 1. The van der Waals surface area contributed by atoms with Crippen molar-refractivity contribution in [2.24, 2.45) is 0 Å². The van der Waals surface area contributed by atoms with Crippen molar-refractivity contribution in [2.75, 3.05) is 38.2 Å². The first-order valence-corrected chi connectivity index (χ1v) is 7.64. The van der Waals surface area contributed by atoms with Crippen LogP contribution in [0.3, 0.4) is 0 Å². The fraction of sp³-hybridized carbons (Fsp3) is 0.278. The fourth-order valence-corrected chi connectivity index (χ4v) is 2.82. The van der Waals surface area contributed by atoms with E-state index in [0.29, 0.717) is 13.1 Å². The molecule has 2 aromatic carbocycles. The topological polar surface area (TPSA) is 53.0 Å². The SMILES string of the molecule is COc1cccc(-c2ccc(N3CCN(C(=O)O)CC3)cc2)c1. The summed E-state index contributed by atoms with van der Waals surface area (Å²) in [5, 5.41) is 9.00. The van der Waals surface area contributed by atoms with Gasteiger partial charge in [-0.25, -0.2) is 4.79 Å². The third-order valence-electron chi connectivity index (χ3n) is 4.19. The molecule has 1 aliphatic heterocycles. The summed E-state index contributed by atoms with van der Waals surface area (Å²) in [6, 6.07) is 16.3. The molecule has 0 bridgehead atoms. The average Bonchev–Trinajstić information content (AvgIpc) is 2.62. The molecule has 1 heterocycles. The molecular formula is C18H20N2O3. The van der Waals surface area contributed by atoms with Crippen LogP contribution in [0.2, 0.25) is 0 Å². The number of rotatable bonds is 3. The highest BCUT2D eigenvalue weighted by atomic mass is 16.5. The van der Waals surface area contributed by atoms with Gasteiger partial charge in [0.15, 0.2) is 0 Å². The summed E-state index contributed by atoms with van der Waals surface area (Å²) in [6.45, 7) is 2.55. The smallest absolute Gasteiger partial charge is 0.407 e. The summed E-state index contributed by atoms with van der Waals surface area (Å²) in [4.78, 5) is 14.6. The second kappa shape index (κ2) is 6.60. The number of hydrogen-bond donors (Lipinski definition) is 1. The number of benzene rings is 2. The van der Waals surface area contributed by atoms with Gasteiger partial charge in [-0.3, -0.25) is 0 Å². The minimum absolute atomic E-state index is 0.549. The number of carboxylic acid groups (broad SMARTS) is 1. The van der Waals surface area contributed by atoms with Crippen LogP contribution in [0.15, 0.2) is 48.5 Å². The average molecular weight is 312 g/mol. The Hall–Kier alpha value is -2.69. The highest BCUT2D eigenvalue weighted by molar-refractivity contribution is 5.68. The van der Waals surface area contributed by atoms with E-state index in [1.165, 1.54) is 4.90 Å². The molecule has 0 unspecified atom stereocenters. The van der Waals surface area contributed by atoms with E-state index in [1.807, 2.05) is 18.2 Å². The summed E-state index contributed by atoms with van der Waals surface area (Å²) in [6.07, 6.45) is -0.835. The Morgan fingerprint density at radius 3 is 2.30 bits per heavy atom. The van der Waals surface area contributed by atoms with Crippen molar-refractivity contribution in [2.45, 2.75) is 0 Å². The van der Waals surface area contributed by atoms with Gasteiger partial charge in [0.25, 0.3) is 0 Å². The summed E-state index contributed by atoms with van der Waals surface area (Å²) in [5.41, 5.74) is 3.38. The Kier molecular flexibility index (Phi) is 4.37. The van der Waals surface area contributed by atoms with Gasteiger partial charge in [-0.2, -0.15) is 0 Å². The number of ether oxygens (including phenoxy) is 1. The molecule has 1 saturated heterocycles. The van der Waals surface area contributed by atoms with Crippen LogP contribution < -0.4 is 9.64 Å². The van der Waals surface area contributed by atoms with Crippen molar-refractivity contribution in [3.8, 4) is 16.9 Å². The molecular weight excluding hydrogens is 292 g/mol. The molecule has 5 heteroatoms. The molecule has 1 N–H and O–H groups in total. The van der Waals surface area contributed by atoms with Crippen molar-refractivity contribution >= 4 is 11.8 Å². The van der Waals surface area contributed by atoms with Gasteiger partial charge in [0.05, 0.1) is 7.11 Å². The predicted octanol–water partition coefficient (Wildman–Crippen LogP) is 3.16. The Labute approximate surface area is 135 Å². The molecule has 1 fully saturated rings. The van der Waals surface area contributed by atoms with Gasteiger partial charge < -0.3 is 19.6 Å². The van der Waals surface area contributed by atoms with Crippen molar-refractivity contribution in [3.05, 3.63) is 48.5 Å². The zero-order chi connectivity index (χ0) is 16.2. The molecule has 5 nitrogen and oxygen atoms in total. The molecule has 0 spiro atoms. The number of hydrogen-bond acceptors (Lipinski definition) is 3. The summed E-state index contributed by atoms with van der Waals surface area (Å²) in [5.74, 6) is 0.844. The molecule has 1 amide bonds. The lowest BCUT2D eigenvalue weighted by Gasteiger charge is -2.34. The minimum atomic E-state index is -0.835. The quantitative estimate of drug-likeness (QED) is 0.946. The Balaban J connectivity index is 1.71. The van der Waals surface area contributed by atoms with Crippen LogP contribution in [0, 0.1) is 0 Å². The first-order valence-electron chi connectivity index (χ1n) is 7.64. The van der Waals surface area contributed by atoms with Crippen LogP contribution in [0.1, 0.15) is 0 Å².